The number of thiophene rings is 1. The van der Waals surface area contributed by atoms with Gasteiger partial charge in [0.25, 0.3) is 0 Å². The molecule has 14 heavy (non-hydrogen) atoms. The first-order valence-electron chi connectivity index (χ1n) is 4.59. The monoisotopic (exact) mass is 339 g/mol. The molecule has 0 aliphatic carbocycles. The molecular weight excluding hydrogens is 326 g/mol. The smallest absolute Gasteiger partial charge is 0.0701 e. The van der Waals surface area contributed by atoms with Gasteiger partial charge in [0.15, 0.2) is 0 Å². The maximum Gasteiger partial charge on any atom is 0.0701 e. The molecule has 0 spiro atoms. The maximum atomic E-state index is 3.55. The number of nitrogens with one attached hydrogen (secondary N) is 1. The number of halogens is 2. The quantitative estimate of drug-likeness (QED) is 0.793. The summed E-state index contributed by atoms with van der Waals surface area (Å²) in [6.07, 6.45) is 1.14. The summed E-state index contributed by atoms with van der Waals surface area (Å²) in [5.41, 5.74) is 0.208. The summed E-state index contributed by atoms with van der Waals surface area (Å²) in [4.78, 5) is 1.37. The molecule has 0 aliphatic rings. The lowest BCUT2D eigenvalue weighted by molar-refractivity contribution is 0.379. The van der Waals surface area contributed by atoms with Gasteiger partial charge >= 0.3 is 0 Å². The fourth-order valence-electron chi connectivity index (χ4n) is 1.10. The van der Waals surface area contributed by atoms with Crippen LogP contribution in [0.2, 0.25) is 0 Å². The van der Waals surface area contributed by atoms with Crippen molar-refractivity contribution in [2.24, 2.45) is 0 Å². The van der Waals surface area contributed by atoms with Crippen LogP contribution in [-0.4, -0.2) is 10.9 Å². The molecule has 0 bridgehead atoms. The Labute approximate surface area is 107 Å². The standard InChI is InChI=1S/C10H15Br2NS/c1-10(2,5-6-11)13-7-8-3-4-9(12)14-8/h3-4,13H,5-7H2,1-2H3. The Morgan fingerprint density at radius 2 is 2.14 bits per heavy atom. The first-order valence-corrected chi connectivity index (χ1v) is 7.32. The zero-order valence-corrected chi connectivity index (χ0v) is 12.4. The fraction of sp³-hybridized carbons (Fsp3) is 0.600. The lowest BCUT2D eigenvalue weighted by Crippen LogP contribution is -2.38. The minimum atomic E-state index is 0.208. The summed E-state index contributed by atoms with van der Waals surface area (Å²) in [6.45, 7) is 5.42. The van der Waals surface area contributed by atoms with Crippen molar-refractivity contribution in [2.45, 2.75) is 32.4 Å². The van der Waals surface area contributed by atoms with E-state index in [0.29, 0.717) is 0 Å². The van der Waals surface area contributed by atoms with Crippen LogP contribution in [0.15, 0.2) is 15.9 Å². The molecule has 1 aromatic heterocycles. The molecule has 80 valence electrons. The van der Waals surface area contributed by atoms with E-state index in [4.69, 9.17) is 0 Å². The van der Waals surface area contributed by atoms with E-state index in [0.717, 1.165) is 18.3 Å². The van der Waals surface area contributed by atoms with Gasteiger partial charge in [0, 0.05) is 22.3 Å². The molecule has 1 nitrogen and oxygen atoms in total. The minimum Gasteiger partial charge on any atom is -0.307 e. The second-order valence-electron chi connectivity index (χ2n) is 3.88. The predicted molar refractivity (Wildman–Crippen MR) is 71.3 cm³/mol. The van der Waals surface area contributed by atoms with Crippen LogP contribution in [0.5, 0.6) is 0 Å². The molecule has 0 fully saturated rings. The van der Waals surface area contributed by atoms with Crippen LogP contribution >= 0.6 is 43.2 Å². The molecule has 0 amide bonds. The van der Waals surface area contributed by atoms with Crippen molar-refractivity contribution >= 4 is 43.2 Å². The molecule has 0 aromatic carbocycles. The van der Waals surface area contributed by atoms with E-state index in [9.17, 15) is 0 Å². The van der Waals surface area contributed by atoms with Crippen LogP contribution in [0.4, 0.5) is 0 Å². The molecule has 1 rings (SSSR count). The van der Waals surface area contributed by atoms with E-state index in [-0.39, 0.29) is 5.54 Å². The normalized spacial score (nSPS) is 12.0. The third kappa shape index (κ3) is 4.43. The lowest BCUT2D eigenvalue weighted by atomic mass is 10.0. The van der Waals surface area contributed by atoms with E-state index in [1.54, 1.807) is 11.3 Å². The average molecular weight is 341 g/mol. The molecule has 0 aliphatic heterocycles. The highest BCUT2D eigenvalue weighted by Gasteiger charge is 2.15. The summed E-state index contributed by atoms with van der Waals surface area (Å²) in [7, 11) is 0. The van der Waals surface area contributed by atoms with Gasteiger partial charge in [-0.15, -0.1) is 11.3 Å². The highest BCUT2D eigenvalue weighted by atomic mass is 79.9. The number of hydrogen-bond acceptors (Lipinski definition) is 2. The lowest BCUT2D eigenvalue weighted by Gasteiger charge is -2.25. The van der Waals surface area contributed by atoms with Gasteiger partial charge in [0.2, 0.25) is 0 Å². The second kappa shape index (κ2) is 5.64. The zero-order valence-electron chi connectivity index (χ0n) is 8.44. The van der Waals surface area contributed by atoms with Crippen LogP contribution in [0.3, 0.4) is 0 Å². The maximum absolute atomic E-state index is 3.55. The fourth-order valence-corrected chi connectivity index (χ4v) is 3.51. The highest BCUT2D eigenvalue weighted by molar-refractivity contribution is 9.11. The number of alkyl halides is 1. The Bertz CT molecular complexity index is 283. The van der Waals surface area contributed by atoms with Crippen molar-refractivity contribution in [3.8, 4) is 0 Å². The van der Waals surface area contributed by atoms with Crippen LogP contribution in [0.1, 0.15) is 25.1 Å². The van der Waals surface area contributed by atoms with E-state index in [1.165, 1.54) is 8.66 Å². The predicted octanol–water partition coefficient (Wildman–Crippen LogP) is 4.16. The van der Waals surface area contributed by atoms with Crippen molar-refractivity contribution in [1.82, 2.24) is 5.32 Å². The van der Waals surface area contributed by atoms with Gasteiger partial charge in [0.1, 0.15) is 0 Å². The average Bonchev–Trinajstić information content (AvgIpc) is 2.48. The van der Waals surface area contributed by atoms with Crippen molar-refractivity contribution in [3.63, 3.8) is 0 Å². The topological polar surface area (TPSA) is 12.0 Å². The molecular formula is C10H15Br2NS. The first kappa shape index (κ1) is 12.7. The van der Waals surface area contributed by atoms with Gasteiger partial charge < -0.3 is 5.32 Å². The Balaban J connectivity index is 2.40. The van der Waals surface area contributed by atoms with Crippen molar-refractivity contribution in [3.05, 3.63) is 20.8 Å². The molecule has 1 aromatic rings. The molecule has 0 saturated heterocycles. The molecule has 0 saturated carbocycles. The van der Waals surface area contributed by atoms with Crippen molar-refractivity contribution < 1.29 is 0 Å². The van der Waals surface area contributed by atoms with E-state index in [2.05, 4.69) is 63.2 Å². The molecule has 0 atom stereocenters. The largest absolute Gasteiger partial charge is 0.307 e. The van der Waals surface area contributed by atoms with Crippen LogP contribution in [0.25, 0.3) is 0 Å². The Kier molecular flexibility index (Phi) is 5.11. The molecule has 1 heterocycles. The van der Waals surface area contributed by atoms with Gasteiger partial charge in [-0.1, -0.05) is 15.9 Å². The Morgan fingerprint density at radius 3 is 2.64 bits per heavy atom. The Morgan fingerprint density at radius 1 is 1.43 bits per heavy atom. The SMILES string of the molecule is CC(C)(CCBr)NCc1ccc(Br)s1. The number of rotatable bonds is 5. The zero-order chi connectivity index (χ0) is 10.6. The van der Waals surface area contributed by atoms with Gasteiger partial charge in [-0.05, 0) is 48.3 Å². The van der Waals surface area contributed by atoms with E-state index >= 15 is 0 Å². The Hall–Kier alpha value is 0.620. The third-order valence-electron chi connectivity index (χ3n) is 2.09. The van der Waals surface area contributed by atoms with Gasteiger partial charge in [-0.2, -0.15) is 0 Å². The molecule has 1 N–H and O–H groups in total. The summed E-state index contributed by atoms with van der Waals surface area (Å²) in [5, 5.41) is 4.59. The van der Waals surface area contributed by atoms with Crippen LogP contribution < -0.4 is 5.32 Å². The van der Waals surface area contributed by atoms with Crippen LogP contribution in [0, 0.1) is 0 Å². The van der Waals surface area contributed by atoms with Crippen molar-refractivity contribution in [1.29, 1.82) is 0 Å². The summed E-state index contributed by atoms with van der Waals surface area (Å²) < 4.78 is 1.20. The third-order valence-corrected chi connectivity index (χ3v) is 4.11. The van der Waals surface area contributed by atoms with Gasteiger partial charge in [-0.3, -0.25) is 0 Å². The van der Waals surface area contributed by atoms with Gasteiger partial charge in [-0.25, -0.2) is 0 Å². The summed E-state index contributed by atoms with van der Waals surface area (Å²) in [5.74, 6) is 0. The molecule has 0 unspecified atom stereocenters. The van der Waals surface area contributed by atoms with Gasteiger partial charge in [0.05, 0.1) is 3.79 Å². The highest BCUT2D eigenvalue weighted by Crippen LogP contribution is 2.22. The van der Waals surface area contributed by atoms with E-state index < -0.39 is 0 Å². The minimum absolute atomic E-state index is 0.208. The molecule has 0 radical (unpaired) electrons. The van der Waals surface area contributed by atoms with Crippen LogP contribution in [-0.2, 0) is 6.54 Å². The van der Waals surface area contributed by atoms with Crippen molar-refractivity contribution in [2.75, 3.05) is 5.33 Å². The molecule has 4 heteroatoms. The summed E-state index contributed by atoms with van der Waals surface area (Å²) >= 11 is 8.73. The second-order valence-corrected chi connectivity index (χ2v) is 7.22. The van der Waals surface area contributed by atoms with E-state index in [1.807, 2.05) is 0 Å². The number of hydrogen-bond donors (Lipinski definition) is 1. The first-order chi connectivity index (χ1) is 6.53. The summed E-state index contributed by atoms with van der Waals surface area (Å²) in [6, 6.07) is 4.26.